The van der Waals surface area contributed by atoms with Gasteiger partial charge in [0.05, 0.1) is 16.5 Å². The van der Waals surface area contributed by atoms with Gasteiger partial charge in [0.25, 0.3) is 0 Å². The highest BCUT2D eigenvalue weighted by atomic mass is 35.5. The minimum absolute atomic E-state index is 0.423. The molecule has 0 amide bonds. The topological polar surface area (TPSA) is 56.7 Å². The first kappa shape index (κ1) is 17.6. The molecule has 4 rings (SSSR count). The molecule has 1 fully saturated rings. The summed E-state index contributed by atoms with van der Waals surface area (Å²) in [5.41, 5.74) is 1.87. The lowest BCUT2D eigenvalue weighted by molar-refractivity contribution is 0.481. The van der Waals surface area contributed by atoms with E-state index in [4.69, 9.17) is 16.0 Å². The van der Waals surface area contributed by atoms with Gasteiger partial charge < -0.3 is 4.42 Å². The summed E-state index contributed by atoms with van der Waals surface area (Å²) in [6, 6.07) is 8.25. The molecular weight excluding hydrogens is 368 g/mol. The first-order valence-corrected chi connectivity index (χ1v) is 10.3. The fourth-order valence-corrected chi connectivity index (χ4v) is 4.49. The van der Waals surface area contributed by atoms with E-state index in [2.05, 4.69) is 19.7 Å². The summed E-state index contributed by atoms with van der Waals surface area (Å²) in [5.74, 6) is 3.09. The van der Waals surface area contributed by atoms with Crippen molar-refractivity contribution in [1.82, 2.24) is 19.7 Å². The molecule has 2 aromatic heterocycles. The molecular formula is C19H21ClN4OS. The summed E-state index contributed by atoms with van der Waals surface area (Å²) >= 11 is 8.05. The lowest BCUT2D eigenvalue weighted by Gasteiger charge is -2.17. The fraction of sp³-hybridized carbons (Fsp3) is 0.421. The van der Waals surface area contributed by atoms with Crippen LogP contribution in [0.15, 0.2) is 33.8 Å². The van der Waals surface area contributed by atoms with E-state index in [-0.39, 0.29) is 0 Å². The summed E-state index contributed by atoms with van der Waals surface area (Å²) in [6.07, 6.45) is 4.79. The van der Waals surface area contributed by atoms with Crippen LogP contribution in [0, 0.1) is 13.8 Å². The summed E-state index contributed by atoms with van der Waals surface area (Å²) in [6.45, 7) is 3.90. The molecule has 0 aliphatic heterocycles. The molecule has 26 heavy (non-hydrogen) atoms. The summed E-state index contributed by atoms with van der Waals surface area (Å²) in [4.78, 5) is 4.47. The molecule has 1 aliphatic rings. The number of aromatic nitrogens is 4. The second kappa shape index (κ2) is 7.45. The van der Waals surface area contributed by atoms with Gasteiger partial charge in [0.1, 0.15) is 5.76 Å². The third kappa shape index (κ3) is 3.40. The minimum atomic E-state index is 0.423. The molecule has 3 aromatic rings. The number of rotatable bonds is 5. The molecule has 1 aromatic carbocycles. The third-order valence-corrected chi connectivity index (χ3v) is 6.12. The maximum Gasteiger partial charge on any atom is 0.205 e. The van der Waals surface area contributed by atoms with Gasteiger partial charge in [-0.15, -0.1) is 10.2 Å². The van der Waals surface area contributed by atoms with Gasteiger partial charge in [-0.25, -0.2) is 4.98 Å². The first-order chi connectivity index (χ1) is 12.6. The summed E-state index contributed by atoms with van der Waals surface area (Å²) < 4.78 is 7.97. The maximum absolute atomic E-state index is 6.43. The highest BCUT2D eigenvalue weighted by Crippen LogP contribution is 2.38. The Hall–Kier alpha value is -1.79. The van der Waals surface area contributed by atoms with Crippen LogP contribution in [0.3, 0.4) is 0 Å². The van der Waals surface area contributed by atoms with E-state index in [1.807, 2.05) is 38.1 Å². The Balaban J connectivity index is 1.67. The number of thioether (sulfide) groups is 1. The van der Waals surface area contributed by atoms with E-state index in [9.17, 15) is 0 Å². The van der Waals surface area contributed by atoms with Crippen LogP contribution >= 0.6 is 23.4 Å². The number of nitrogens with zero attached hydrogens (tertiary/aromatic N) is 4. The smallest absolute Gasteiger partial charge is 0.205 e. The van der Waals surface area contributed by atoms with Crippen molar-refractivity contribution in [3.63, 3.8) is 0 Å². The van der Waals surface area contributed by atoms with Gasteiger partial charge in [0.15, 0.2) is 11.0 Å². The van der Waals surface area contributed by atoms with Crippen molar-refractivity contribution >= 4 is 23.4 Å². The van der Waals surface area contributed by atoms with E-state index in [1.54, 1.807) is 11.8 Å². The average molecular weight is 389 g/mol. The normalized spacial score (nSPS) is 15.0. The Labute approximate surface area is 162 Å². The first-order valence-electron chi connectivity index (χ1n) is 8.89. The highest BCUT2D eigenvalue weighted by Gasteiger charge is 2.26. The van der Waals surface area contributed by atoms with Crippen molar-refractivity contribution in [2.24, 2.45) is 0 Å². The number of aryl methyl sites for hydroxylation is 2. The van der Waals surface area contributed by atoms with Crippen molar-refractivity contribution in [1.29, 1.82) is 0 Å². The van der Waals surface area contributed by atoms with Crippen LogP contribution in [-0.2, 0) is 5.75 Å². The number of halogens is 1. The van der Waals surface area contributed by atoms with E-state index >= 15 is 0 Å². The van der Waals surface area contributed by atoms with Crippen molar-refractivity contribution in [2.75, 3.05) is 0 Å². The summed E-state index contributed by atoms with van der Waals surface area (Å²) in [7, 11) is 0. The van der Waals surface area contributed by atoms with Gasteiger partial charge in [-0.1, -0.05) is 48.3 Å². The Morgan fingerprint density at radius 3 is 2.65 bits per heavy atom. The molecule has 0 atom stereocenters. The number of oxazole rings is 1. The van der Waals surface area contributed by atoms with E-state index < -0.39 is 0 Å². The highest BCUT2D eigenvalue weighted by molar-refractivity contribution is 7.98. The van der Waals surface area contributed by atoms with E-state index in [1.165, 1.54) is 12.8 Å². The second-order valence-electron chi connectivity index (χ2n) is 6.63. The van der Waals surface area contributed by atoms with Crippen LogP contribution in [0.5, 0.6) is 0 Å². The molecule has 1 aliphatic carbocycles. The van der Waals surface area contributed by atoms with Gasteiger partial charge in [0.2, 0.25) is 5.89 Å². The zero-order valence-electron chi connectivity index (χ0n) is 14.9. The Kier molecular flexibility index (Phi) is 5.05. The zero-order valence-corrected chi connectivity index (χ0v) is 16.5. The van der Waals surface area contributed by atoms with Crippen molar-refractivity contribution < 1.29 is 4.42 Å². The molecule has 7 heteroatoms. The maximum atomic E-state index is 6.43. The van der Waals surface area contributed by atoms with E-state index in [0.717, 1.165) is 46.7 Å². The van der Waals surface area contributed by atoms with Crippen LogP contribution in [0.25, 0.3) is 11.4 Å². The number of hydrogen-bond donors (Lipinski definition) is 0. The monoisotopic (exact) mass is 388 g/mol. The Morgan fingerprint density at radius 1 is 1.19 bits per heavy atom. The van der Waals surface area contributed by atoms with Crippen LogP contribution in [0.4, 0.5) is 0 Å². The SMILES string of the molecule is Cc1nc(CSc2nnc(-c3ccccc3Cl)n2C2CCCC2)oc1C. The van der Waals surface area contributed by atoms with E-state index in [0.29, 0.717) is 16.8 Å². The standard InChI is InChI=1S/C19H21ClN4OS/c1-12-13(2)25-17(21-12)11-26-19-23-22-18(15-9-5-6-10-16(15)20)24(19)14-7-3-4-8-14/h5-6,9-10,14H,3-4,7-8,11H2,1-2H3. The predicted octanol–water partition coefficient (Wildman–Crippen LogP) is 5.61. The quantitative estimate of drug-likeness (QED) is 0.531. The van der Waals surface area contributed by atoms with Crippen LogP contribution in [-0.4, -0.2) is 19.7 Å². The fourth-order valence-electron chi connectivity index (χ4n) is 3.42. The van der Waals surface area contributed by atoms with Crippen molar-refractivity contribution in [3.05, 3.63) is 46.6 Å². The lowest BCUT2D eigenvalue weighted by Crippen LogP contribution is -2.08. The lowest BCUT2D eigenvalue weighted by atomic mass is 10.2. The van der Waals surface area contributed by atoms with Crippen LogP contribution in [0.1, 0.15) is 49.1 Å². The molecule has 0 bridgehead atoms. The molecule has 1 saturated carbocycles. The van der Waals surface area contributed by atoms with Gasteiger partial charge >= 0.3 is 0 Å². The molecule has 136 valence electrons. The summed E-state index contributed by atoms with van der Waals surface area (Å²) in [5, 5.41) is 10.6. The Morgan fingerprint density at radius 2 is 1.96 bits per heavy atom. The third-order valence-electron chi connectivity index (χ3n) is 4.87. The van der Waals surface area contributed by atoms with Crippen LogP contribution < -0.4 is 0 Å². The Bertz CT molecular complexity index is 895. The zero-order chi connectivity index (χ0) is 18.1. The molecule has 0 spiro atoms. The van der Waals surface area contributed by atoms with Gasteiger partial charge in [-0.05, 0) is 38.8 Å². The molecule has 0 saturated heterocycles. The largest absolute Gasteiger partial charge is 0.445 e. The van der Waals surface area contributed by atoms with Gasteiger partial charge in [0, 0.05) is 11.6 Å². The number of benzene rings is 1. The molecule has 5 nitrogen and oxygen atoms in total. The molecule has 0 radical (unpaired) electrons. The molecule has 0 N–H and O–H groups in total. The molecule has 0 unspecified atom stereocenters. The predicted molar refractivity (Wildman–Crippen MR) is 104 cm³/mol. The van der Waals surface area contributed by atoms with Crippen molar-refractivity contribution in [2.45, 2.75) is 56.5 Å². The van der Waals surface area contributed by atoms with Crippen molar-refractivity contribution in [3.8, 4) is 11.4 Å². The second-order valence-corrected chi connectivity index (χ2v) is 7.98. The average Bonchev–Trinajstić information content (AvgIpc) is 3.34. The molecule has 2 heterocycles. The van der Waals surface area contributed by atoms with Gasteiger partial charge in [-0.3, -0.25) is 4.57 Å². The van der Waals surface area contributed by atoms with Gasteiger partial charge in [-0.2, -0.15) is 0 Å². The van der Waals surface area contributed by atoms with Crippen LogP contribution in [0.2, 0.25) is 5.02 Å². The number of hydrogen-bond acceptors (Lipinski definition) is 5. The minimum Gasteiger partial charge on any atom is -0.445 e.